The number of ether oxygens (including phenoxy) is 2. The summed E-state index contributed by atoms with van der Waals surface area (Å²) in [6, 6.07) is 12.8. The number of nitrogens with two attached hydrogens (primary N) is 1. The number of benzene rings is 2. The van der Waals surface area contributed by atoms with Gasteiger partial charge in [0.15, 0.2) is 5.75 Å². The molecule has 21 heavy (non-hydrogen) atoms. The quantitative estimate of drug-likeness (QED) is 0.841. The van der Waals surface area contributed by atoms with Crippen LogP contribution in [0.2, 0.25) is 0 Å². The Balaban J connectivity index is 2.30. The Morgan fingerprint density at radius 3 is 2.62 bits per heavy atom. The van der Waals surface area contributed by atoms with Crippen LogP contribution >= 0.6 is 0 Å². The minimum Gasteiger partial charge on any atom is -0.491 e. The zero-order chi connectivity index (χ0) is 15.2. The molecule has 0 radical (unpaired) electrons. The first kappa shape index (κ1) is 14.7. The molecular weight excluding hydrogens is 264 g/mol. The molecule has 0 aliphatic carbocycles. The number of rotatable bonds is 5. The smallest absolute Gasteiger partial charge is 0.154 e. The predicted molar refractivity (Wildman–Crippen MR) is 82.6 cm³/mol. The van der Waals surface area contributed by atoms with Gasteiger partial charge in [0.1, 0.15) is 17.2 Å². The summed E-state index contributed by atoms with van der Waals surface area (Å²) in [5.41, 5.74) is 8.03. The van der Waals surface area contributed by atoms with Crippen molar-refractivity contribution in [1.29, 1.82) is 5.26 Å². The normalized spacial score (nSPS) is 9.95. The van der Waals surface area contributed by atoms with Crippen molar-refractivity contribution >= 4 is 5.69 Å². The summed E-state index contributed by atoms with van der Waals surface area (Å²) in [5, 5.41) is 8.96. The standard InChI is InChI=1S/C17H18N2O2/c1-3-9-20-14-5-4-6-15(17(14)19)21-16-10-13(11-18)8-7-12(16)2/h4-8,10H,3,9,19H2,1-2H3. The fourth-order valence-electron chi connectivity index (χ4n) is 1.85. The molecule has 0 aliphatic heterocycles. The van der Waals surface area contributed by atoms with Gasteiger partial charge < -0.3 is 15.2 Å². The van der Waals surface area contributed by atoms with Gasteiger partial charge in [0.2, 0.25) is 0 Å². The van der Waals surface area contributed by atoms with E-state index in [2.05, 4.69) is 6.07 Å². The highest BCUT2D eigenvalue weighted by molar-refractivity contribution is 5.64. The van der Waals surface area contributed by atoms with Crippen molar-refractivity contribution in [2.75, 3.05) is 12.3 Å². The first-order chi connectivity index (χ1) is 10.2. The average Bonchev–Trinajstić information content (AvgIpc) is 2.50. The van der Waals surface area contributed by atoms with Crippen LogP contribution in [0.1, 0.15) is 24.5 Å². The summed E-state index contributed by atoms with van der Waals surface area (Å²) in [7, 11) is 0. The number of nitriles is 1. The zero-order valence-corrected chi connectivity index (χ0v) is 12.2. The molecule has 0 heterocycles. The fraction of sp³-hybridized carbons (Fsp3) is 0.235. The van der Waals surface area contributed by atoms with E-state index in [1.165, 1.54) is 0 Å². The molecule has 0 spiro atoms. The van der Waals surface area contributed by atoms with E-state index >= 15 is 0 Å². The van der Waals surface area contributed by atoms with Crippen molar-refractivity contribution < 1.29 is 9.47 Å². The molecule has 0 bridgehead atoms. The molecule has 2 aromatic carbocycles. The average molecular weight is 282 g/mol. The van der Waals surface area contributed by atoms with Crippen LogP contribution in [0.3, 0.4) is 0 Å². The number of nitrogens with zero attached hydrogens (tertiary/aromatic N) is 1. The van der Waals surface area contributed by atoms with Crippen molar-refractivity contribution in [3.05, 3.63) is 47.5 Å². The van der Waals surface area contributed by atoms with Crippen LogP contribution in [0.5, 0.6) is 17.2 Å². The summed E-state index contributed by atoms with van der Waals surface area (Å²) >= 11 is 0. The zero-order valence-electron chi connectivity index (χ0n) is 12.2. The highest BCUT2D eigenvalue weighted by atomic mass is 16.5. The number of para-hydroxylation sites is 1. The lowest BCUT2D eigenvalue weighted by atomic mass is 10.1. The summed E-state index contributed by atoms with van der Waals surface area (Å²) in [6.45, 7) is 4.56. The van der Waals surface area contributed by atoms with E-state index in [0.717, 1.165) is 12.0 Å². The number of hydrogen-bond acceptors (Lipinski definition) is 4. The summed E-state index contributed by atoms with van der Waals surface area (Å²) in [6.07, 6.45) is 0.911. The molecular formula is C17H18N2O2. The molecule has 0 aliphatic rings. The number of anilines is 1. The van der Waals surface area contributed by atoms with Gasteiger partial charge in [-0.2, -0.15) is 5.26 Å². The Morgan fingerprint density at radius 2 is 1.90 bits per heavy atom. The molecule has 0 aromatic heterocycles. The van der Waals surface area contributed by atoms with Crippen molar-refractivity contribution in [3.8, 4) is 23.3 Å². The third kappa shape index (κ3) is 3.46. The molecule has 0 unspecified atom stereocenters. The lowest BCUT2D eigenvalue weighted by Crippen LogP contribution is -2.01. The summed E-state index contributed by atoms with van der Waals surface area (Å²) < 4.78 is 11.4. The molecule has 2 aromatic rings. The molecule has 0 saturated heterocycles. The van der Waals surface area contributed by atoms with Gasteiger partial charge in [-0.05, 0) is 43.2 Å². The molecule has 108 valence electrons. The maximum atomic E-state index is 8.96. The molecule has 2 N–H and O–H groups in total. The van der Waals surface area contributed by atoms with E-state index in [-0.39, 0.29) is 0 Å². The molecule has 0 fully saturated rings. The summed E-state index contributed by atoms with van der Waals surface area (Å²) in [5.74, 6) is 1.76. The van der Waals surface area contributed by atoms with Crippen molar-refractivity contribution in [1.82, 2.24) is 0 Å². The van der Waals surface area contributed by atoms with Gasteiger partial charge in [0.05, 0.1) is 18.2 Å². The Morgan fingerprint density at radius 1 is 1.14 bits per heavy atom. The maximum absolute atomic E-state index is 8.96. The molecule has 0 atom stereocenters. The molecule has 4 heteroatoms. The highest BCUT2D eigenvalue weighted by Gasteiger charge is 2.10. The van der Waals surface area contributed by atoms with Crippen LogP contribution in [-0.2, 0) is 0 Å². The Kier molecular flexibility index (Phi) is 4.68. The van der Waals surface area contributed by atoms with Gasteiger partial charge >= 0.3 is 0 Å². The lowest BCUT2D eigenvalue weighted by Gasteiger charge is -2.14. The molecule has 0 saturated carbocycles. The van der Waals surface area contributed by atoms with E-state index in [4.69, 9.17) is 20.5 Å². The van der Waals surface area contributed by atoms with Crippen LogP contribution in [0.15, 0.2) is 36.4 Å². The second-order valence-corrected chi connectivity index (χ2v) is 4.71. The Hall–Kier alpha value is -2.67. The van der Waals surface area contributed by atoms with Crippen molar-refractivity contribution in [2.45, 2.75) is 20.3 Å². The monoisotopic (exact) mass is 282 g/mol. The van der Waals surface area contributed by atoms with Gasteiger partial charge in [-0.1, -0.05) is 19.1 Å². The van der Waals surface area contributed by atoms with E-state index in [9.17, 15) is 0 Å². The van der Waals surface area contributed by atoms with Crippen LogP contribution in [0.4, 0.5) is 5.69 Å². The first-order valence-corrected chi connectivity index (χ1v) is 6.85. The van der Waals surface area contributed by atoms with Crippen LogP contribution < -0.4 is 15.2 Å². The van der Waals surface area contributed by atoms with Gasteiger partial charge in [-0.15, -0.1) is 0 Å². The Labute approximate surface area is 124 Å². The second-order valence-electron chi connectivity index (χ2n) is 4.71. The molecule has 4 nitrogen and oxygen atoms in total. The minimum atomic E-state index is 0.465. The van der Waals surface area contributed by atoms with Gasteiger partial charge in [-0.25, -0.2) is 0 Å². The van der Waals surface area contributed by atoms with Gasteiger partial charge in [-0.3, -0.25) is 0 Å². The number of hydrogen-bond donors (Lipinski definition) is 1. The third-order valence-corrected chi connectivity index (χ3v) is 3.02. The number of nitrogen functional groups attached to an aromatic ring is 1. The highest BCUT2D eigenvalue weighted by Crippen LogP contribution is 2.35. The lowest BCUT2D eigenvalue weighted by molar-refractivity contribution is 0.318. The Bertz CT molecular complexity index is 675. The predicted octanol–water partition coefficient (Wildman–Crippen LogP) is 4.03. The van der Waals surface area contributed by atoms with E-state index < -0.39 is 0 Å². The van der Waals surface area contributed by atoms with Gasteiger partial charge in [0.25, 0.3) is 0 Å². The molecule has 2 rings (SSSR count). The summed E-state index contributed by atoms with van der Waals surface area (Å²) in [4.78, 5) is 0. The van der Waals surface area contributed by atoms with Crippen molar-refractivity contribution in [3.63, 3.8) is 0 Å². The van der Waals surface area contributed by atoms with E-state index in [0.29, 0.717) is 35.1 Å². The first-order valence-electron chi connectivity index (χ1n) is 6.85. The van der Waals surface area contributed by atoms with E-state index in [1.54, 1.807) is 18.2 Å². The van der Waals surface area contributed by atoms with E-state index in [1.807, 2.05) is 32.0 Å². The SMILES string of the molecule is CCCOc1cccc(Oc2cc(C#N)ccc2C)c1N. The van der Waals surface area contributed by atoms with Crippen LogP contribution in [0, 0.1) is 18.3 Å². The third-order valence-electron chi connectivity index (χ3n) is 3.02. The van der Waals surface area contributed by atoms with Crippen LogP contribution in [-0.4, -0.2) is 6.61 Å². The largest absolute Gasteiger partial charge is 0.491 e. The van der Waals surface area contributed by atoms with Crippen LogP contribution in [0.25, 0.3) is 0 Å². The topological polar surface area (TPSA) is 68.3 Å². The second kappa shape index (κ2) is 6.67. The molecule has 0 amide bonds. The van der Waals surface area contributed by atoms with Gasteiger partial charge in [0, 0.05) is 0 Å². The minimum absolute atomic E-state index is 0.465. The fourth-order valence-corrected chi connectivity index (χ4v) is 1.85. The maximum Gasteiger partial charge on any atom is 0.154 e. The van der Waals surface area contributed by atoms with Crippen molar-refractivity contribution in [2.24, 2.45) is 0 Å². The number of aryl methyl sites for hydroxylation is 1.